The van der Waals surface area contributed by atoms with Crippen molar-refractivity contribution in [3.8, 4) is 5.75 Å². The van der Waals surface area contributed by atoms with Gasteiger partial charge in [0.2, 0.25) is 0 Å². The minimum Gasteiger partial charge on any atom is -0.493 e. The first-order valence-electron chi connectivity index (χ1n) is 5.86. The van der Waals surface area contributed by atoms with Crippen LogP contribution in [0.3, 0.4) is 0 Å². The van der Waals surface area contributed by atoms with Crippen molar-refractivity contribution >= 4 is 0 Å². The van der Waals surface area contributed by atoms with Gasteiger partial charge in [-0.25, -0.2) is 0 Å². The van der Waals surface area contributed by atoms with Gasteiger partial charge in [-0.1, -0.05) is 6.92 Å². The average molecular weight is 262 g/mol. The number of alkyl halides is 3. The number of hydrogen-bond donors (Lipinski definition) is 1. The highest BCUT2D eigenvalue weighted by Crippen LogP contribution is 2.21. The Hall–Kier alpha value is -1.30. The first kappa shape index (κ1) is 14.8. The molecular formula is C12H17F3N2O. The standard InChI is InChI=1S/C12H17F3N2O/c1-2-5-16-8-10-9-17-6-3-11(10)18-7-4-12(13,14)15/h3,6,9,16H,2,4-5,7-8H2,1H3. The molecule has 0 unspecified atom stereocenters. The summed E-state index contributed by atoms with van der Waals surface area (Å²) in [4.78, 5) is 3.94. The summed E-state index contributed by atoms with van der Waals surface area (Å²) in [6.45, 7) is 3.06. The third-order valence-corrected chi connectivity index (χ3v) is 2.24. The lowest BCUT2D eigenvalue weighted by atomic mass is 10.2. The second-order valence-corrected chi connectivity index (χ2v) is 3.87. The predicted molar refractivity (Wildman–Crippen MR) is 62.4 cm³/mol. The highest BCUT2D eigenvalue weighted by molar-refractivity contribution is 5.29. The Labute approximate surface area is 104 Å². The van der Waals surface area contributed by atoms with E-state index in [1.165, 1.54) is 6.20 Å². The smallest absolute Gasteiger partial charge is 0.392 e. The maximum Gasteiger partial charge on any atom is 0.392 e. The lowest BCUT2D eigenvalue weighted by molar-refractivity contribution is -0.139. The Bertz CT molecular complexity index is 355. The molecular weight excluding hydrogens is 245 g/mol. The fourth-order valence-electron chi connectivity index (χ4n) is 1.36. The quantitative estimate of drug-likeness (QED) is 0.767. The van der Waals surface area contributed by atoms with E-state index in [9.17, 15) is 13.2 Å². The fourth-order valence-corrected chi connectivity index (χ4v) is 1.36. The summed E-state index contributed by atoms with van der Waals surface area (Å²) >= 11 is 0. The van der Waals surface area contributed by atoms with Crippen LogP contribution in [0.15, 0.2) is 18.5 Å². The Morgan fingerprint density at radius 2 is 2.17 bits per heavy atom. The van der Waals surface area contributed by atoms with E-state index in [4.69, 9.17) is 4.74 Å². The first-order valence-corrected chi connectivity index (χ1v) is 5.86. The molecule has 6 heteroatoms. The maximum atomic E-state index is 12.0. The molecule has 0 radical (unpaired) electrons. The average Bonchev–Trinajstić information content (AvgIpc) is 2.30. The van der Waals surface area contributed by atoms with Crippen LogP contribution < -0.4 is 10.1 Å². The first-order chi connectivity index (χ1) is 8.53. The van der Waals surface area contributed by atoms with Gasteiger partial charge < -0.3 is 10.1 Å². The van der Waals surface area contributed by atoms with Crippen molar-refractivity contribution in [3.05, 3.63) is 24.0 Å². The van der Waals surface area contributed by atoms with Gasteiger partial charge in [0, 0.05) is 24.5 Å². The molecule has 0 aliphatic heterocycles. The number of rotatable bonds is 7. The van der Waals surface area contributed by atoms with Crippen molar-refractivity contribution in [3.63, 3.8) is 0 Å². The van der Waals surface area contributed by atoms with Crippen LogP contribution >= 0.6 is 0 Å². The molecule has 102 valence electrons. The number of aromatic nitrogens is 1. The van der Waals surface area contributed by atoms with Crippen LogP contribution in [0, 0.1) is 0 Å². The molecule has 0 fully saturated rings. The Morgan fingerprint density at radius 3 is 2.83 bits per heavy atom. The van der Waals surface area contributed by atoms with E-state index in [0.29, 0.717) is 12.3 Å². The molecule has 0 spiro atoms. The van der Waals surface area contributed by atoms with Crippen molar-refractivity contribution in [2.24, 2.45) is 0 Å². The van der Waals surface area contributed by atoms with E-state index in [1.807, 2.05) is 6.92 Å². The van der Waals surface area contributed by atoms with Crippen LogP contribution in [0.4, 0.5) is 13.2 Å². The van der Waals surface area contributed by atoms with Gasteiger partial charge in [-0.05, 0) is 19.0 Å². The zero-order valence-corrected chi connectivity index (χ0v) is 10.3. The Morgan fingerprint density at radius 1 is 1.39 bits per heavy atom. The zero-order chi connectivity index (χ0) is 13.4. The number of halogens is 3. The number of nitrogens with one attached hydrogen (secondary N) is 1. The molecule has 0 bridgehead atoms. The molecule has 1 aromatic heterocycles. The van der Waals surface area contributed by atoms with Crippen molar-refractivity contribution in [1.82, 2.24) is 10.3 Å². The van der Waals surface area contributed by atoms with Gasteiger partial charge in [0.1, 0.15) is 5.75 Å². The van der Waals surface area contributed by atoms with Crippen molar-refractivity contribution in [1.29, 1.82) is 0 Å². The highest BCUT2D eigenvalue weighted by Gasteiger charge is 2.26. The lowest BCUT2D eigenvalue weighted by Gasteiger charge is -2.12. The third-order valence-electron chi connectivity index (χ3n) is 2.24. The highest BCUT2D eigenvalue weighted by atomic mass is 19.4. The summed E-state index contributed by atoms with van der Waals surface area (Å²) < 4.78 is 41.2. The van der Waals surface area contributed by atoms with Gasteiger partial charge in [-0.2, -0.15) is 13.2 Å². The third kappa shape index (κ3) is 5.86. The molecule has 3 nitrogen and oxygen atoms in total. The molecule has 0 amide bonds. The summed E-state index contributed by atoms with van der Waals surface area (Å²) in [5, 5.41) is 3.16. The van der Waals surface area contributed by atoms with E-state index in [2.05, 4.69) is 10.3 Å². The summed E-state index contributed by atoms with van der Waals surface area (Å²) in [7, 11) is 0. The molecule has 0 aliphatic rings. The van der Waals surface area contributed by atoms with Gasteiger partial charge >= 0.3 is 6.18 Å². The van der Waals surface area contributed by atoms with Crippen LogP contribution in [0.1, 0.15) is 25.3 Å². The minimum absolute atomic E-state index is 0.367. The molecule has 1 heterocycles. The van der Waals surface area contributed by atoms with E-state index in [0.717, 1.165) is 18.5 Å². The van der Waals surface area contributed by atoms with Gasteiger partial charge in [0.25, 0.3) is 0 Å². The van der Waals surface area contributed by atoms with E-state index >= 15 is 0 Å². The Balaban J connectivity index is 2.48. The zero-order valence-electron chi connectivity index (χ0n) is 10.3. The molecule has 0 atom stereocenters. The second-order valence-electron chi connectivity index (χ2n) is 3.87. The molecule has 18 heavy (non-hydrogen) atoms. The fraction of sp³-hybridized carbons (Fsp3) is 0.583. The topological polar surface area (TPSA) is 34.2 Å². The van der Waals surface area contributed by atoms with E-state index in [-0.39, 0.29) is 6.61 Å². The van der Waals surface area contributed by atoms with Crippen LogP contribution in [-0.2, 0) is 6.54 Å². The molecule has 0 aliphatic carbocycles. The van der Waals surface area contributed by atoms with Gasteiger partial charge in [-0.15, -0.1) is 0 Å². The SMILES string of the molecule is CCCNCc1cnccc1OCCC(F)(F)F. The summed E-state index contributed by atoms with van der Waals surface area (Å²) in [6.07, 6.45) is -1.03. The van der Waals surface area contributed by atoms with Crippen molar-refractivity contribution in [2.75, 3.05) is 13.2 Å². The van der Waals surface area contributed by atoms with Crippen LogP contribution in [0.2, 0.25) is 0 Å². The molecule has 1 rings (SSSR count). The number of ether oxygens (including phenoxy) is 1. The summed E-state index contributed by atoms with van der Waals surface area (Å²) in [6, 6.07) is 1.58. The number of hydrogen-bond acceptors (Lipinski definition) is 3. The van der Waals surface area contributed by atoms with Crippen LogP contribution in [-0.4, -0.2) is 24.3 Å². The van der Waals surface area contributed by atoms with Crippen LogP contribution in [0.25, 0.3) is 0 Å². The molecule has 1 aromatic rings. The van der Waals surface area contributed by atoms with Crippen LogP contribution in [0.5, 0.6) is 5.75 Å². The van der Waals surface area contributed by atoms with Gasteiger partial charge in [0.05, 0.1) is 13.0 Å². The molecule has 1 N–H and O–H groups in total. The van der Waals surface area contributed by atoms with E-state index < -0.39 is 12.6 Å². The maximum absolute atomic E-state index is 12.0. The predicted octanol–water partition coefficient (Wildman–Crippen LogP) is 2.91. The van der Waals surface area contributed by atoms with Crippen molar-refractivity contribution in [2.45, 2.75) is 32.5 Å². The van der Waals surface area contributed by atoms with Gasteiger partial charge in [-0.3, -0.25) is 4.98 Å². The minimum atomic E-state index is -4.19. The second kappa shape index (κ2) is 7.20. The monoisotopic (exact) mass is 262 g/mol. The van der Waals surface area contributed by atoms with Gasteiger partial charge in [0.15, 0.2) is 0 Å². The summed E-state index contributed by atoms with van der Waals surface area (Å²) in [5.74, 6) is 0.456. The molecule has 0 saturated carbocycles. The summed E-state index contributed by atoms with van der Waals surface area (Å²) in [5.41, 5.74) is 0.771. The van der Waals surface area contributed by atoms with E-state index in [1.54, 1.807) is 12.3 Å². The number of pyridine rings is 1. The Kier molecular flexibility index (Phi) is 5.91. The number of nitrogens with zero attached hydrogens (tertiary/aromatic N) is 1. The largest absolute Gasteiger partial charge is 0.493 e. The van der Waals surface area contributed by atoms with Crippen molar-refractivity contribution < 1.29 is 17.9 Å². The molecule has 0 aromatic carbocycles. The molecule has 0 saturated heterocycles. The lowest BCUT2D eigenvalue weighted by Crippen LogP contribution is -2.16. The normalized spacial score (nSPS) is 11.6.